The molecule has 2 N–H and O–H groups in total. The quantitative estimate of drug-likeness (QED) is 0.637. The van der Waals surface area contributed by atoms with Crippen LogP contribution in [0, 0.1) is 6.92 Å². The molecule has 3 rings (SSSR count). The molecule has 0 spiro atoms. The highest BCUT2D eigenvalue weighted by Crippen LogP contribution is 2.16. The lowest BCUT2D eigenvalue weighted by Crippen LogP contribution is -2.13. The number of halogens is 1. The Morgan fingerprint density at radius 2 is 1.72 bits per heavy atom. The van der Waals surface area contributed by atoms with Gasteiger partial charge < -0.3 is 10.6 Å². The number of amides is 1. The van der Waals surface area contributed by atoms with Gasteiger partial charge in [0.15, 0.2) is 0 Å². The topological polar surface area (TPSA) is 54.0 Å². The van der Waals surface area contributed by atoms with Crippen LogP contribution in [0.15, 0.2) is 71.3 Å². The molecule has 0 atom stereocenters. The first kappa shape index (κ1) is 17.2. The molecule has 1 heterocycles. The Morgan fingerprint density at radius 1 is 1.00 bits per heavy atom. The van der Waals surface area contributed by atoms with E-state index in [4.69, 9.17) is 0 Å². The molecule has 0 unspecified atom stereocenters. The summed E-state index contributed by atoms with van der Waals surface area (Å²) in [6.07, 6.45) is 1.68. The maximum Gasteiger partial charge on any atom is 0.274 e. The minimum atomic E-state index is -0.229. The fourth-order valence-corrected chi connectivity index (χ4v) is 2.63. The number of aromatic nitrogens is 1. The third-order valence-electron chi connectivity index (χ3n) is 3.84. The summed E-state index contributed by atoms with van der Waals surface area (Å²) < 4.78 is 0.965. The van der Waals surface area contributed by atoms with E-state index in [2.05, 4.69) is 50.6 Å². The van der Waals surface area contributed by atoms with E-state index in [1.807, 2.05) is 42.5 Å². The molecule has 0 bridgehead atoms. The average molecular weight is 396 g/mol. The molecule has 1 aromatic heterocycles. The second-order valence-electron chi connectivity index (χ2n) is 5.67. The highest BCUT2D eigenvalue weighted by atomic mass is 79.9. The van der Waals surface area contributed by atoms with Gasteiger partial charge in [-0.1, -0.05) is 40.2 Å². The van der Waals surface area contributed by atoms with Gasteiger partial charge in [0.05, 0.1) is 11.9 Å². The molecule has 0 radical (unpaired) electrons. The van der Waals surface area contributed by atoms with Crippen LogP contribution >= 0.6 is 15.9 Å². The van der Waals surface area contributed by atoms with Crippen molar-refractivity contribution in [3.63, 3.8) is 0 Å². The Morgan fingerprint density at radius 3 is 2.40 bits per heavy atom. The summed E-state index contributed by atoms with van der Waals surface area (Å²) in [5, 5.41) is 6.15. The molecular weight excluding hydrogens is 378 g/mol. The largest absolute Gasteiger partial charge is 0.380 e. The number of pyridine rings is 1. The minimum Gasteiger partial charge on any atom is -0.380 e. The van der Waals surface area contributed by atoms with Gasteiger partial charge in [0.1, 0.15) is 5.69 Å². The van der Waals surface area contributed by atoms with Crippen molar-refractivity contribution in [2.75, 3.05) is 10.6 Å². The van der Waals surface area contributed by atoms with Crippen LogP contribution in [-0.4, -0.2) is 10.9 Å². The van der Waals surface area contributed by atoms with Crippen LogP contribution in [0.1, 0.15) is 21.6 Å². The van der Waals surface area contributed by atoms with E-state index < -0.39 is 0 Å². The van der Waals surface area contributed by atoms with E-state index in [-0.39, 0.29) is 5.91 Å². The zero-order chi connectivity index (χ0) is 17.6. The minimum absolute atomic E-state index is 0.229. The molecule has 25 heavy (non-hydrogen) atoms. The van der Waals surface area contributed by atoms with Gasteiger partial charge in [-0.15, -0.1) is 0 Å². The average Bonchev–Trinajstić information content (AvgIpc) is 2.63. The van der Waals surface area contributed by atoms with Gasteiger partial charge in [-0.05, 0) is 54.4 Å². The van der Waals surface area contributed by atoms with Crippen LogP contribution in [0.3, 0.4) is 0 Å². The Bertz CT molecular complexity index is 861. The van der Waals surface area contributed by atoms with Gasteiger partial charge in [0.25, 0.3) is 5.91 Å². The van der Waals surface area contributed by atoms with E-state index in [0.29, 0.717) is 5.69 Å². The van der Waals surface area contributed by atoms with Gasteiger partial charge in [0.2, 0.25) is 0 Å². The maximum absolute atomic E-state index is 12.2. The molecule has 4 nitrogen and oxygen atoms in total. The molecule has 0 aliphatic heterocycles. The second-order valence-corrected chi connectivity index (χ2v) is 6.59. The van der Waals surface area contributed by atoms with Crippen molar-refractivity contribution in [3.05, 3.63) is 88.2 Å². The molecule has 1 amide bonds. The zero-order valence-corrected chi connectivity index (χ0v) is 15.4. The van der Waals surface area contributed by atoms with Crippen molar-refractivity contribution in [1.82, 2.24) is 4.98 Å². The van der Waals surface area contributed by atoms with Gasteiger partial charge in [-0.25, -0.2) is 4.98 Å². The van der Waals surface area contributed by atoms with Gasteiger partial charge in [-0.3, -0.25) is 4.79 Å². The first-order valence-electron chi connectivity index (χ1n) is 7.93. The van der Waals surface area contributed by atoms with Crippen molar-refractivity contribution < 1.29 is 4.79 Å². The van der Waals surface area contributed by atoms with Crippen LogP contribution in [0.4, 0.5) is 11.4 Å². The van der Waals surface area contributed by atoms with Gasteiger partial charge in [-0.2, -0.15) is 0 Å². The Hall–Kier alpha value is -2.66. The summed E-state index contributed by atoms with van der Waals surface area (Å²) in [7, 11) is 0. The Labute approximate surface area is 155 Å². The van der Waals surface area contributed by atoms with E-state index in [0.717, 1.165) is 22.4 Å². The molecule has 0 aliphatic rings. The number of aryl methyl sites for hydroxylation is 1. The molecule has 2 aromatic carbocycles. The Kier molecular flexibility index (Phi) is 5.46. The zero-order valence-electron chi connectivity index (χ0n) is 13.8. The normalized spacial score (nSPS) is 10.3. The number of carbonyl (C=O) groups excluding carboxylic acids is 1. The summed E-state index contributed by atoms with van der Waals surface area (Å²) in [6, 6.07) is 19.2. The fraction of sp³-hybridized carbons (Fsp3) is 0.100. The SMILES string of the molecule is Cc1ccccc1CNc1ccc(C(=O)Nc2ccc(Br)cc2)nc1. The second kappa shape index (κ2) is 7.94. The predicted molar refractivity (Wildman–Crippen MR) is 105 cm³/mol. The van der Waals surface area contributed by atoms with Crippen LogP contribution < -0.4 is 10.6 Å². The number of nitrogens with one attached hydrogen (secondary N) is 2. The predicted octanol–water partition coefficient (Wildman–Crippen LogP) is 5.02. The smallest absolute Gasteiger partial charge is 0.274 e. The van der Waals surface area contributed by atoms with Crippen LogP contribution in [-0.2, 0) is 6.54 Å². The first-order chi connectivity index (χ1) is 12.1. The molecule has 0 saturated carbocycles. The number of rotatable bonds is 5. The van der Waals surface area contributed by atoms with Gasteiger partial charge >= 0.3 is 0 Å². The Balaban J connectivity index is 1.60. The standard InChI is InChI=1S/C20H18BrN3O/c1-14-4-2-3-5-15(14)12-22-18-10-11-19(23-13-18)20(25)24-17-8-6-16(21)7-9-17/h2-11,13,22H,12H2,1H3,(H,24,25). The molecule has 0 aliphatic carbocycles. The number of hydrogen-bond acceptors (Lipinski definition) is 3. The van der Waals surface area contributed by atoms with Crippen LogP contribution in [0.25, 0.3) is 0 Å². The van der Waals surface area contributed by atoms with E-state index in [1.54, 1.807) is 12.3 Å². The van der Waals surface area contributed by atoms with Crippen molar-refractivity contribution in [3.8, 4) is 0 Å². The van der Waals surface area contributed by atoms with E-state index >= 15 is 0 Å². The molecule has 3 aromatic rings. The lowest BCUT2D eigenvalue weighted by Gasteiger charge is -2.09. The summed E-state index contributed by atoms with van der Waals surface area (Å²) in [4.78, 5) is 16.5. The summed E-state index contributed by atoms with van der Waals surface area (Å²) in [6.45, 7) is 2.81. The van der Waals surface area contributed by atoms with Crippen molar-refractivity contribution in [1.29, 1.82) is 0 Å². The number of hydrogen-bond donors (Lipinski definition) is 2. The maximum atomic E-state index is 12.2. The van der Waals surface area contributed by atoms with E-state index in [1.165, 1.54) is 11.1 Å². The van der Waals surface area contributed by atoms with Crippen molar-refractivity contribution >= 4 is 33.2 Å². The number of nitrogens with zero attached hydrogens (tertiary/aromatic N) is 1. The summed E-state index contributed by atoms with van der Waals surface area (Å²) in [5.41, 5.74) is 4.47. The van der Waals surface area contributed by atoms with Crippen LogP contribution in [0.2, 0.25) is 0 Å². The lowest BCUT2D eigenvalue weighted by atomic mass is 10.1. The number of benzene rings is 2. The van der Waals surface area contributed by atoms with E-state index in [9.17, 15) is 4.79 Å². The van der Waals surface area contributed by atoms with Crippen LogP contribution in [0.5, 0.6) is 0 Å². The molecule has 5 heteroatoms. The summed E-state index contributed by atoms with van der Waals surface area (Å²) in [5.74, 6) is -0.229. The molecular formula is C20H18BrN3O. The first-order valence-corrected chi connectivity index (χ1v) is 8.72. The van der Waals surface area contributed by atoms with Gasteiger partial charge in [0, 0.05) is 16.7 Å². The third kappa shape index (κ3) is 4.67. The lowest BCUT2D eigenvalue weighted by molar-refractivity contribution is 0.102. The fourth-order valence-electron chi connectivity index (χ4n) is 2.37. The number of anilines is 2. The highest BCUT2D eigenvalue weighted by Gasteiger charge is 2.07. The molecule has 126 valence electrons. The monoisotopic (exact) mass is 395 g/mol. The molecule has 0 saturated heterocycles. The third-order valence-corrected chi connectivity index (χ3v) is 4.37. The van der Waals surface area contributed by atoms with Crippen molar-refractivity contribution in [2.24, 2.45) is 0 Å². The molecule has 0 fully saturated rings. The number of carbonyl (C=O) groups is 1. The highest BCUT2D eigenvalue weighted by molar-refractivity contribution is 9.10. The van der Waals surface area contributed by atoms with Crippen molar-refractivity contribution in [2.45, 2.75) is 13.5 Å². The summed E-state index contributed by atoms with van der Waals surface area (Å²) >= 11 is 3.37.